The molecule has 2 aromatic heterocycles. The van der Waals surface area contributed by atoms with E-state index in [4.69, 9.17) is 26.1 Å². The highest BCUT2D eigenvalue weighted by Gasteiger charge is 2.23. The second kappa shape index (κ2) is 21.5. The minimum absolute atomic E-state index is 0.0181. The molecule has 8 rings (SSSR count). The summed E-state index contributed by atoms with van der Waals surface area (Å²) >= 11 is 5.46. The molecule has 0 radical (unpaired) electrons. The lowest BCUT2D eigenvalue weighted by molar-refractivity contribution is -0.112. The molecule has 18 nitrogen and oxygen atoms in total. The number of aromatic nitrogens is 5. The van der Waals surface area contributed by atoms with E-state index in [-0.39, 0.29) is 57.9 Å². The number of hydrogen-bond acceptors (Lipinski definition) is 12. The molecule has 0 unspecified atom stereocenters. The molecule has 4 aromatic carbocycles. The SMILES string of the molecule is C=C(COCc1cn(CCOCCNC(=S)Nc2ccc(-c3c4ccc(=O)cc-4oc4cc(O)ccc34)c(C(=O)O)c2)nn1)C(=C)C(=O)Nc1ccc(-c2cc(NC(=O)c3ccccc3)n(C)n2)cc1. The summed E-state index contributed by atoms with van der Waals surface area (Å²) in [7, 11) is 1.74. The number of aryl methyl sites for hydroxylation is 1. The van der Waals surface area contributed by atoms with E-state index in [0.29, 0.717) is 88.1 Å². The number of carbonyl (C=O) groups is 3. The lowest BCUT2D eigenvalue weighted by atomic mass is 9.90. The summed E-state index contributed by atoms with van der Waals surface area (Å²) in [5.41, 5.74) is 5.52. The molecule has 3 heterocycles. The Kier molecular flexibility index (Phi) is 14.6. The molecular weight excluding hydrogens is 915 g/mol. The molecule has 2 amide bonds. The first kappa shape index (κ1) is 47.7. The van der Waals surface area contributed by atoms with Crippen LogP contribution >= 0.6 is 12.2 Å². The lowest BCUT2D eigenvalue weighted by Crippen LogP contribution is -2.31. The van der Waals surface area contributed by atoms with Crippen molar-refractivity contribution >= 4 is 63.3 Å². The number of phenols is 1. The monoisotopic (exact) mass is 959 g/mol. The quantitative estimate of drug-likeness (QED) is 0.0151. The molecule has 0 saturated carbocycles. The highest BCUT2D eigenvalue weighted by molar-refractivity contribution is 7.80. The third-order valence-corrected chi connectivity index (χ3v) is 11.1. The largest absolute Gasteiger partial charge is 0.508 e. The van der Waals surface area contributed by atoms with Gasteiger partial charge < -0.3 is 45.4 Å². The Morgan fingerprint density at radius 1 is 0.843 bits per heavy atom. The average Bonchev–Trinajstić information content (AvgIpc) is 3.96. The number of aromatic hydroxyl groups is 1. The molecule has 6 N–H and O–H groups in total. The normalized spacial score (nSPS) is 11.0. The van der Waals surface area contributed by atoms with Crippen molar-refractivity contribution in [2.75, 3.05) is 42.3 Å². The zero-order valence-electron chi connectivity index (χ0n) is 37.6. The van der Waals surface area contributed by atoms with Gasteiger partial charge in [-0.05, 0) is 84.0 Å². The standard InChI is InChI=1S/C51H45N9O9S/c1-30(31(2)48(63)53-34-11-9-32(10-12-34)43-26-46(59(3)57-43)55-49(64)33-7-5-4-6-8-33)28-68-29-36-27-60(58-56-36)20-22-67-21-19-52-51(70)54-35-13-16-39(42(23-35)50(65)66)47-40-17-14-37(61)24-44(40)69-45-25-38(62)15-18-41(45)47/h4-18,23-27,61H,1-2,19-22,28-29H2,3H3,(H,53,63)(H,55,64)(H,65,66)(H2,52,54,70). The number of aromatic carboxylic acids is 1. The lowest BCUT2D eigenvalue weighted by Gasteiger charge is -2.18. The van der Waals surface area contributed by atoms with Gasteiger partial charge >= 0.3 is 5.97 Å². The molecule has 19 heteroatoms. The van der Waals surface area contributed by atoms with Crippen LogP contribution in [0.4, 0.5) is 17.2 Å². The molecule has 0 saturated heterocycles. The first-order valence-electron chi connectivity index (χ1n) is 21.7. The summed E-state index contributed by atoms with van der Waals surface area (Å²) in [4.78, 5) is 50.3. The minimum atomic E-state index is -1.18. The zero-order chi connectivity index (χ0) is 49.3. The number of fused-ring (bicyclic) bond motifs is 2. The topological polar surface area (TPSA) is 237 Å². The number of carboxylic acid groups (broad SMARTS) is 1. The van der Waals surface area contributed by atoms with E-state index in [1.807, 2.05) is 18.2 Å². The van der Waals surface area contributed by atoms with Gasteiger partial charge in [-0.25, -0.2) is 9.48 Å². The Morgan fingerprint density at radius 3 is 2.40 bits per heavy atom. The molecule has 0 bridgehead atoms. The molecule has 1 aliphatic heterocycles. The fraction of sp³-hybridized carbons (Fsp3) is 0.137. The number of carboxylic acids is 1. The molecule has 0 spiro atoms. The van der Waals surface area contributed by atoms with Gasteiger partial charge in [0.2, 0.25) is 0 Å². The van der Waals surface area contributed by atoms with Crippen LogP contribution in [0.1, 0.15) is 26.4 Å². The van der Waals surface area contributed by atoms with Crippen LogP contribution in [-0.2, 0) is 34.5 Å². The van der Waals surface area contributed by atoms with Crippen LogP contribution in [0.25, 0.3) is 44.7 Å². The Bertz CT molecular complexity index is 3310. The van der Waals surface area contributed by atoms with Crippen LogP contribution in [0.5, 0.6) is 5.75 Å². The second-order valence-corrected chi connectivity index (χ2v) is 16.2. The Hall–Kier alpha value is -8.78. The number of phenolic OH excluding ortho intramolecular Hbond substituents is 1. The number of ether oxygens (including phenoxy) is 2. The number of nitrogens with zero attached hydrogens (tertiary/aromatic N) is 5. The Labute approximate surface area is 405 Å². The smallest absolute Gasteiger partial charge is 0.336 e. The van der Waals surface area contributed by atoms with Crippen molar-refractivity contribution < 1.29 is 38.5 Å². The number of carbonyl (C=O) groups excluding carboxylic acids is 2. The number of amides is 2. The van der Waals surface area contributed by atoms with Crippen molar-refractivity contribution in [2.24, 2.45) is 7.05 Å². The van der Waals surface area contributed by atoms with Crippen molar-refractivity contribution in [3.63, 3.8) is 0 Å². The molecule has 6 aromatic rings. The number of hydrogen-bond donors (Lipinski definition) is 6. The van der Waals surface area contributed by atoms with E-state index < -0.39 is 11.9 Å². The molecule has 354 valence electrons. The maximum absolute atomic E-state index is 13.0. The van der Waals surface area contributed by atoms with Gasteiger partial charge in [0.25, 0.3) is 11.8 Å². The summed E-state index contributed by atoms with van der Waals surface area (Å²) in [6, 6.07) is 31.4. The first-order chi connectivity index (χ1) is 33.8. The van der Waals surface area contributed by atoms with E-state index in [2.05, 4.69) is 49.8 Å². The predicted molar refractivity (Wildman–Crippen MR) is 268 cm³/mol. The Balaban J connectivity index is 0.735. The van der Waals surface area contributed by atoms with Crippen molar-refractivity contribution in [1.29, 1.82) is 0 Å². The van der Waals surface area contributed by atoms with E-state index >= 15 is 0 Å². The zero-order valence-corrected chi connectivity index (χ0v) is 38.4. The van der Waals surface area contributed by atoms with Crippen LogP contribution in [-0.4, -0.2) is 84.2 Å². The Morgan fingerprint density at radius 2 is 1.61 bits per heavy atom. The van der Waals surface area contributed by atoms with Crippen molar-refractivity contribution in [3.8, 4) is 39.5 Å². The average molecular weight is 960 g/mol. The molecule has 0 fully saturated rings. The fourth-order valence-corrected chi connectivity index (χ4v) is 7.53. The summed E-state index contributed by atoms with van der Waals surface area (Å²) in [6.45, 7) is 9.42. The molecule has 70 heavy (non-hydrogen) atoms. The maximum atomic E-state index is 13.0. The number of nitrogens with one attached hydrogen (secondary N) is 4. The van der Waals surface area contributed by atoms with Crippen LogP contribution < -0.4 is 26.7 Å². The number of rotatable bonds is 19. The van der Waals surface area contributed by atoms with Crippen LogP contribution in [0.15, 0.2) is 155 Å². The second-order valence-electron chi connectivity index (χ2n) is 15.8. The number of thiocarbonyl (C=S) groups is 1. The minimum Gasteiger partial charge on any atom is -0.508 e. The number of anilines is 3. The van der Waals surface area contributed by atoms with Gasteiger partial charge in [-0.1, -0.05) is 54.8 Å². The fourth-order valence-electron chi connectivity index (χ4n) is 7.31. The molecule has 1 aliphatic carbocycles. The molecular formula is C51H45N9O9S. The third-order valence-electron chi connectivity index (χ3n) is 10.9. The van der Waals surface area contributed by atoms with Gasteiger partial charge in [-0.2, -0.15) is 5.10 Å². The van der Waals surface area contributed by atoms with E-state index in [0.717, 1.165) is 5.56 Å². The van der Waals surface area contributed by atoms with Gasteiger partial charge in [-0.15, -0.1) is 5.10 Å². The summed E-state index contributed by atoms with van der Waals surface area (Å²) in [5.74, 6) is -1.11. The molecule has 0 atom stereocenters. The summed E-state index contributed by atoms with van der Waals surface area (Å²) < 4.78 is 20.6. The highest BCUT2D eigenvalue weighted by Crippen LogP contribution is 2.42. The van der Waals surface area contributed by atoms with Crippen molar-refractivity contribution in [2.45, 2.75) is 13.2 Å². The van der Waals surface area contributed by atoms with Gasteiger partial charge in [0.05, 0.1) is 50.4 Å². The summed E-state index contributed by atoms with van der Waals surface area (Å²) in [5, 5.41) is 45.7. The molecule has 2 aliphatic rings. The van der Waals surface area contributed by atoms with Gasteiger partial charge in [0.15, 0.2) is 10.5 Å². The predicted octanol–water partition coefficient (Wildman–Crippen LogP) is 7.48. The maximum Gasteiger partial charge on any atom is 0.336 e. The van der Waals surface area contributed by atoms with Gasteiger partial charge in [-0.3, -0.25) is 19.1 Å². The first-order valence-corrected chi connectivity index (χ1v) is 22.1. The van der Waals surface area contributed by atoms with Crippen LogP contribution in [0, 0.1) is 0 Å². The highest BCUT2D eigenvalue weighted by atomic mass is 32.1. The number of benzene rings is 5. The van der Waals surface area contributed by atoms with Gasteiger partial charge in [0.1, 0.15) is 28.6 Å². The van der Waals surface area contributed by atoms with Crippen LogP contribution in [0.3, 0.4) is 0 Å². The van der Waals surface area contributed by atoms with E-state index in [1.165, 1.54) is 30.3 Å². The van der Waals surface area contributed by atoms with E-state index in [9.17, 15) is 29.4 Å². The third kappa shape index (κ3) is 11.5. The summed E-state index contributed by atoms with van der Waals surface area (Å²) in [6.07, 6.45) is 1.73. The van der Waals surface area contributed by atoms with Crippen molar-refractivity contribution in [3.05, 3.63) is 173 Å². The van der Waals surface area contributed by atoms with Crippen molar-refractivity contribution in [1.82, 2.24) is 30.1 Å². The van der Waals surface area contributed by atoms with Crippen LogP contribution in [0.2, 0.25) is 0 Å². The van der Waals surface area contributed by atoms with E-state index in [1.54, 1.807) is 89.3 Å². The van der Waals surface area contributed by atoms with Gasteiger partial charge in [0, 0.05) is 76.4 Å².